The molecule has 0 saturated heterocycles. The zero-order valence-corrected chi connectivity index (χ0v) is 11.6. The monoisotopic (exact) mass is 326 g/mol. The first-order valence-corrected chi connectivity index (χ1v) is 6.46. The zero-order valence-electron chi connectivity index (χ0n) is 9.29. The number of carbonyl (C=O) groups is 1. The highest BCUT2D eigenvalue weighted by molar-refractivity contribution is 9.10. The fraction of sp³-hybridized carbons (Fsp3) is 0.0714. The highest BCUT2D eigenvalue weighted by Crippen LogP contribution is 2.22. The van der Waals surface area contributed by atoms with Gasteiger partial charge in [0.2, 0.25) is 0 Å². The standard InChI is InChI=1S/C14H9BrClFO/c15-12-4-2-1-3-11(12)14(18)7-9-5-6-10(17)8-13(9)16/h1-6,8H,7H2. The summed E-state index contributed by atoms with van der Waals surface area (Å²) in [6, 6.07) is 11.2. The van der Waals surface area contributed by atoms with Crippen LogP contribution in [-0.4, -0.2) is 5.78 Å². The molecule has 0 aliphatic rings. The zero-order chi connectivity index (χ0) is 13.1. The lowest BCUT2D eigenvalue weighted by atomic mass is 10.0. The summed E-state index contributed by atoms with van der Waals surface area (Å²) in [5.74, 6) is -0.465. The van der Waals surface area contributed by atoms with E-state index in [1.54, 1.807) is 18.2 Å². The first-order valence-electron chi connectivity index (χ1n) is 5.29. The first-order chi connectivity index (χ1) is 8.58. The molecule has 0 saturated carbocycles. The SMILES string of the molecule is O=C(Cc1ccc(F)cc1Cl)c1ccccc1Br. The molecule has 2 aromatic rings. The van der Waals surface area contributed by atoms with E-state index in [0.29, 0.717) is 11.1 Å². The van der Waals surface area contributed by atoms with E-state index in [0.717, 1.165) is 4.47 Å². The van der Waals surface area contributed by atoms with Crippen molar-refractivity contribution in [3.05, 3.63) is 68.9 Å². The van der Waals surface area contributed by atoms with Gasteiger partial charge in [-0.25, -0.2) is 4.39 Å². The molecule has 0 fully saturated rings. The Morgan fingerprint density at radius 1 is 1.22 bits per heavy atom. The average molecular weight is 328 g/mol. The van der Waals surface area contributed by atoms with Crippen molar-refractivity contribution in [2.24, 2.45) is 0 Å². The Morgan fingerprint density at radius 3 is 2.61 bits per heavy atom. The maximum Gasteiger partial charge on any atom is 0.168 e. The first kappa shape index (κ1) is 13.2. The van der Waals surface area contributed by atoms with Crippen LogP contribution in [-0.2, 0) is 6.42 Å². The lowest BCUT2D eigenvalue weighted by Gasteiger charge is -2.05. The molecule has 92 valence electrons. The maximum absolute atomic E-state index is 12.9. The van der Waals surface area contributed by atoms with Crippen LogP contribution >= 0.6 is 27.5 Å². The summed E-state index contributed by atoms with van der Waals surface area (Å²) in [6.07, 6.45) is 0.154. The Morgan fingerprint density at radius 2 is 1.94 bits per heavy atom. The summed E-state index contributed by atoms with van der Waals surface area (Å²) >= 11 is 9.22. The third kappa shape index (κ3) is 2.98. The third-order valence-corrected chi connectivity index (χ3v) is 3.58. The van der Waals surface area contributed by atoms with Crippen LogP contribution < -0.4 is 0 Å². The molecule has 0 N–H and O–H groups in total. The molecule has 1 nitrogen and oxygen atoms in total. The molecule has 0 unspecified atom stereocenters. The minimum atomic E-state index is -0.405. The molecule has 0 atom stereocenters. The summed E-state index contributed by atoms with van der Waals surface area (Å²) in [5.41, 5.74) is 1.22. The third-order valence-electron chi connectivity index (χ3n) is 2.54. The van der Waals surface area contributed by atoms with Gasteiger partial charge in [0.05, 0.1) is 0 Å². The maximum atomic E-state index is 12.9. The number of ketones is 1. The van der Waals surface area contributed by atoms with Crippen molar-refractivity contribution >= 4 is 33.3 Å². The van der Waals surface area contributed by atoms with Crippen LogP contribution in [0.15, 0.2) is 46.9 Å². The molecule has 0 aromatic heterocycles. The fourth-order valence-corrected chi connectivity index (χ4v) is 2.36. The quantitative estimate of drug-likeness (QED) is 0.749. The molecule has 0 amide bonds. The molecule has 2 aromatic carbocycles. The van der Waals surface area contributed by atoms with Crippen molar-refractivity contribution in [2.45, 2.75) is 6.42 Å². The molecule has 2 rings (SSSR count). The van der Waals surface area contributed by atoms with Gasteiger partial charge in [0.1, 0.15) is 5.82 Å². The Labute approximate surface area is 118 Å². The van der Waals surface area contributed by atoms with E-state index >= 15 is 0 Å². The topological polar surface area (TPSA) is 17.1 Å². The molecule has 4 heteroatoms. The van der Waals surface area contributed by atoms with E-state index < -0.39 is 5.82 Å². The van der Waals surface area contributed by atoms with Gasteiger partial charge in [-0.05, 0) is 23.8 Å². The van der Waals surface area contributed by atoms with Crippen molar-refractivity contribution in [3.63, 3.8) is 0 Å². The summed E-state index contributed by atoms with van der Waals surface area (Å²) in [5, 5.41) is 0.274. The number of carbonyl (C=O) groups excluding carboxylic acids is 1. The molecule has 0 aliphatic heterocycles. The highest BCUT2D eigenvalue weighted by atomic mass is 79.9. The Hall–Kier alpha value is -1.19. The molecular formula is C14H9BrClFO. The molecule has 0 heterocycles. The van der Waals surface area contributed by atoms with Gasteiger partial charge >= 0.3 is 0 Å². The van der Waals surface area contributed by atoms with Crippen molar-refractivity contribution in [1.82, 2.24) is 0 Å². The number of rotatable bonds is 3. The van der Waals surface area contributed by atoms with Crippen LogP contribution in [0.5, 0.6) is 0 Å². The second-order valence-electron chi connectivity index (χ2n) is 3.82. The van der Waals surface area contributed by atoms with E-state index in [9.17, 15) is 9.18 Å². The largest absolute Gasteiger partial charge is 0.294 e. The molecule has 0 bridgehead atoms. The number of hydrogen-bond donors (Lipinski definition) is 0. The smallest absolute Gasteiger partial charge is 0.168 e. The highest BCUT2D eigenvalue weighted by Gasteiger charge is 2.12. The minimum Gasteiger partial charge on any atom is -0.294 e. The van der Waals surface area contributed by atoms with Crippen LogP contribution in [0, 0.1) is 5.82 Å². The summed E-state index contributed by atoms with van der Waals surface area (Å²) in [6.45, 7) is 0. The van der Waals surface area contributed by atoms with Crippen molar-refractivity contribution in [2.75, 3.05) is 0 Å². The van der Waals surface area contributed by atoms with Crippen molar-refractivity contribution in [1.29, 1.82) is 0 Å². The average Bonchev–Trinajstić information content (AvgIpc) is 2.33. The Bertz CT molecular complexity index is 598. The number of hydrogen-bond acceptors (Lipinski definition) is 1. The lowest BCUT2D eigenvalue weighted by Crippen LogP contribution is -2.05. The van der Waals surface area contributed by atoms with Gasteiger partial charge in [-0.15, -0.1) is 0 Å². The number of benzene rings is 2. The minimum absolute atomic E-state index is 0.0593. The van der Waals surface area contributed by atoms with Crippen LogP contribution in [0.25, 0.3) is 0 Å². The fourth-order valence-electron chi connectivity index (χ4n) is 1.62. The van der Waals surface area contributed by atoms with Crippen LogP contribution in [0.4, 0.5) is 4.39 Å². The summed E-state index contributed by atoms with van der Waals surface area (Å²) in [4.78, 5) is 12.1. The molecule has 0 aliphatic carbocycles. The van der Waals surface area contributed by atoms with Gasteiger partial charge < -0.3 is 0 Å². The normalized spacial score (nSPS) is 10.4. The van der Waals surface area contributed by atoms with E-state index in [1.165, 1.54) is 18.2 Å². The van der Waals surface area contributed by atoms with Crippen LogP contribution in [0.1, 0.15) is 15.9 Å². The predicted molar refractivity (Wildman–Crippen MR) is 73.6 cm³/mol. The second kappa shape index (κ2) is 5.63. The van der Waals surface area contributed by atoms with Gasteiger partial charge in [0, 0.05) is 21.5 Å². The van der Waals surface area contributed by atoms with Gasteiger partial charge in [-0.3, -0.25) is 4.79 Å². The van der Waals surface area contributed by atoms with E-state index in [-0.39, 0.29) is 17.2 Å². The molecule has 0 radical (unpaired) electrons. The van der Waals surface area contributed by atoms with E-state index in [4.69, 9.17) is 11.6 Å². The summed E-state index contributed by atoms with van der Waals surface area (Å²) < 4.78 is 13.6. The molecule has 0 spiro atoms. The molecule has 18 heavy (non-hydrogen) atoms. The van der Waals surface area contributed by atoms with Gasteiger partial charge in [0.15, 0.2) is 5.78 Å². The predicted octanol–water partition coefficient (Wildman–Crippen LogP) is 4.67. The van der Waals surface area contributed by atoms with Gasteiger partial charge in [0.25, 0.3) is 0 Å². The van der Waals surface area contributed by atoms with E-state index in [2.05, 4.69) is 15.9 Å². The summed E-state index contributed by atoms with van der Waals surface area (Å²) in [7, 11) is 0. The van der Waals surface area contributed by atoms with Gasteiger partial charge in [-0.2, -0.15) is 0 Å². The van der Waals surface area contributed by atoms with E-state index in [1.807, 2.05) is 6.07 Å². The van der Waals surface area contributed by atoms with Crippen LogP contribution in [0.2, 0.25) is 5.02 Å². The Balaban J connectivity index is 2.24. The second-order valence-corrected chi connectivity index (χ2v) is 5.08. The number of Topliss-reactive ketones (excluding diaryl/α,β-unsaturated/α-hetero) is 1. The lowest BCUT2D eigenvalue weighted by molar-refractivity contribution is 0.0992. The van der Waals surface area contributed by atoms with Crippen LogP contribution in [0.3, 0.4) is 0 Å². The van der Waals surface area contributed by atoms with Crippen molar-refractivity contribution < 1.29 is 9.18 Å². The Kier molecular flexibility index (Phi) is 4.15. The molecular weight excluding hydrogens is 319 g/mol. The number of halogens is 3. The van der Waals surface area contributed by atoms with Crippen molar-refractivity contribution in [3.8, 4) is 0 Å². The van der Waals surface area contributed by atoms with Gasteiger partial charge in [-0.1, -0.05) is 51.8 Å².